The lowest BCUT2D eigenvalue weighted by Gasteiger charge is -2.29. The van der Waals surface area contributed by atoms with E-state index < -0.39 is 29.4 Å². The summed E-state index contributed by atoms with van der Waals surface area (Å²) in [5, 5.41) is 16.2. The molecule has 0 fully saturated rings. The van der Waals surface area contributed by atoms with Crippen LogP contribution < -0.4 is 35.5 Å². The van der Waals surface area contributed by atoms with Gasteiger partial charge in [-0.2, -0.15) is 5.10 Å². The van der Waals surface area contributed by atoms with Gasteiger partial charge in [-0.3, -0.25) is 19.2 Å². The Hall–Kier alpha value is -6.45. The van der Waals surface area contributed by atoms with Crippen LogP contribution in [0, 0.1) is 6.92 Å². The van der Waals surface area contributed by atoms with Gasteiger partial charge in [0, 0.05) is 25.2 Å². The maximum atomic E-state index is 14.0. The smallest absolute Gasteiger partial charge is 0.245 e. The van der Waals surface area contributed by atoms with Gasteiger partial charge in [0.05, 0.1) is 38.9 Å². The van der Waals surface area contributed by atoms with Crippen molar-refractivity contribution in [2.24, 2.45) is 0 Å². The number of aromatic nitrogens is 5. The van der Waals surface area contributed by atoms with Gasteiger partial charge in [0.2, 0.25) is 23.6 Å². The SMILES string of the molecule is COc1ccc(Cc2nc3n(n2)CC(=O)NCCOc2ccc(cc2)C[C@H](NC(=O)Cc2cnc4c(C)cccn24)C(=O)NC(C)(C)C(=O)N[C@@H]3C)cc1OC. The Bertz CT molecular complexity index is 2230. The Balaban J connectivity index is 1.24. The first kappa shape index (κ1) is 39.2. The Labute approximate surface area is 324 Å². The Kier molecular flexibility index (Phi) is 11.9. The average Bonchev–Trinajstić information content (AvgIpc) is 3.77. The van der Waals surface area contributed by atoms with Gasteiger partial charge in [0.1, 0.15) is 42.0 Å². The van der Waals surface area contributed by atoms with Crippen LogP contribution >= 0.6 is 0 Å². The van der Waals surface area contributed by atoms with Gasteiger partial charge in [0.15, 0.2) is 17.3 Å². The molecule has 4 amide bonds. The molecule has 294 valence electrons. The minimum atomic E-state index is -1.43. The van der Waals surface area contributed by atoms with Gasteiger partial charge in [-0.05, 0) is 74.7 Å². The lowest BCUT2D eigenvalue weighted by Crippen LogP contribution is -2.60. The van der Waals surface area contributed by atoms with Gasteiger partial charge in [0.25, 0.3) is 0 Å². The number of aryl methyl sites for hydroxylation is 1. The number of carbonyl (C=O) groups is 4. The van der Waals surface area contributed by atoms with Crippen LogP contribution in [0.5, 0.6) is 17.2 Å². The number of ether oxygens (including phenoxy) is 3. The summed E-state index contributed by atoms with van der Waals surface area (Å²) in [7, 11) is 3.11. The summed E-state index contributed by atoms with van der Waals surface area (Å²) in [6, 6.07) is 14.7. The standard InChI is InChI=1S/C40H47N9O7/c1-24-8-7-16-48-28(22-42-36(24)48)21-34(50)44-30-18-26-9-12-29(13-10-26)56-17-15-41-35(51)23-49-37(25(2)43-39(53)40(3,4)46-38(30)52)45-33(47-49)20-27-11-14-31(54-5)32(19-27)55-6/h7-14,16,19,22,25,30H,15,17-18,20-21,23H2,1-6H3,(H,41,51)(H,43,53)(H,44,50)(H,46,52)/t25-,30+/m1/s1. The molecule has 5 heterocycles. The molecule has 0 radical (unpaired) electrons. The number of fused-ring (bicyclic) bond motifs is 15. The molecule has 2 aliphatic rings. The lowest BCUT2D eigenvalue weighted by atomic mass is 10.00. The van der Waals surface area contributed by atoms with Crippen molar-refractivity contribution in [1.82, 2.24) is 45.4 Å². The maximum Gasteiger partial charge on any atom is 0.245 e. The Morgan fingerprint density at radius 2 is 1.82 bits per heavy atom. The van der Waals surface area contributed by atoms with E-state index in [0.29, 0.717) is 41.0 Å². The van der Waals surface area contributed by atoms with E-state index in [1.54, 1.807) is 71.5 Å². The minimum absolute atomic E-state index is 0.0200. The fraction of sp³-hybridized carbons (Fsp3) is 0.375. The van der Waals surface area contributed by atoms with Crippen molar-refractivity contribution >= 4 is 29.3 Å². The molecular formula is C40H47N9O7. The molecule has 56 heavy (non-hydrogen) atoms. The number of methoxy groups -OCH3 is 2. The minimum Gasteiger partial charge on any atom is -0.493 e. The number of amides is 4. The fourth-order valence-corrected chi connectivity index (χ4v) is 6.44. The lowest BCUT2D eigenvalue weighted by molar-refractivity contribution is -0.134. The largest absolute Gasteiger partial charge is 0.493 e. The van der Waals surface area contributed by atoms with Crippen LogP contribution in [0.3, 0.4) is 0 Å². The summed E-state index contributed by atoms with van der Waals surface area (Å²) in [4.78, 5) is 63.6. The van der Waals surface area contributed by atoms with Crippen LogP contribution in [0.25, 0.3) is 5.65 Å². The number of carbonyl (C=O) groups excluding carboxylic acids is 4. The van der Waals surface area contributed by atoms with Crippen molar-refractivity contribution in [3.8, 4) is 17.2 Å². The first-order valence-corrected chi connectivity index (χ1v) is 18.3. The zero-order valence-corrected chi connectivity index (χ0v) is 32.3. The third-order valence-electron chi connectivity index (χ3n) is 9.44. The molecule has 0 spiro atoms. The number of hydrogen-bond donors (Lipinski definition) is 4. The van der Waals surface area contributed by atoms with E-state index >= 15 is 0 Å². The number of hydrogen-bond acceptors (Lipinski definition) is 10. The zero-order chi connectivity index (χ0) is 40.0. The molecule has 16 heteroatoms. The first-order chi connectivity index (χ1) is 26.8. The molecule has 16 nitrogen and oxygen atoms in total. The number of nitrogens with one attached hydrogen (secondary N) is 4. The van der Waals surface area contributed by atoms with Crippen molar-refractivity contribution in [3.63, 3.8) is 0 Å². The van der Waals surface area contributed by atoms with Crippen LogP contribution in [0.1, 0.15) is 60.8 Å². The molecule has 7 rings (SSSR count). The third-order valence-corrected chi connectivity index (χ3v) is 9.44. The normalized spacial score (nSPS) is 17.9. The maximum absolute atomic E-state index is 14.0. The molecule has 0 unspecified atom stereocenters. The van der Waals surface area contributed by atoms with E-state index in [1.165, 1.54) is 4.68 Å². The molecule has 2 aromatic carbocycles. The molecule has 0 saturated heterocycles. The topological polar surface area (TPSA) is 192 Å². The van der Waals surface area contributed by atoms with Crippen LogP contribution in [0.15, 0.2) is 67.0 Å². The van der Waals surface area contributed by atoms with Gasteiger partial charge < -0.3 is 39.9 Å². The summed E-state index contributed by atoms with van der Waals surface area (Å²) < 4.78 is 20.0. The van der Waals surface area contributed by atoms with E-state index in [0.717, 1.165) is 22.3 Å². The predicted molar refractivity (Wildman–Crippen MR) is 205 cm³/mol. The van der Waals surface area contributed by atoms with Crippen LogP contribution in [-0.2, 0) is 45.0 Å². The summed E-state index contributed by atoms with van der Waals surface area (Å²) in [5.74, 6) is 0.671. The molecule has 2 bridgehead atoms. The molecule has 2 atom stereocenters. The highest BCUT2D eigenvalue weighted by molar-refractivity contribution is 5.94. The van der Waals surface area contributed by atoms with E-state index in [2.05, 4.69) is 31.3 Å². The highest BCUT2D eigenvalue weighted by Gasteiger charge is 2.35. The molecular weight excluding hydrogens is 718 g/mol. The molecule has 3 aromatic heterocycles. The highest BCUT2D eigenvalue weighted by atomic mass is 16.5. The summed E-state index contributed by atoms with van der Waals surface area (Å²) in [5.41, 5.74) is 2.54. The number of imidazole rings is 1. The molecule has 2 aliphatic heterocycles. The molecule has 4 N–H and O–H groups in total. The van der Waals surface area contributed by atoms with E-state index in [1.807, 2.05) is 41.8 Å². The van der Waals surface area contributed by atoms with Crippen molar-refractivity contribution in [2.75, 3.05) is 27.4 Å². The summed E-state index contributed by atoms with van der Waals surface area (Å²) in [6.07, 6.45) is 3.91. The predicted octanol–water partition coefficient (Wildman–Crippen LogP) is 2.39. The second kappa shape index (κ2) is 16.9. The average molecular weight is 766 g/mol. The number of benzene rings is 2. The van der Waals surface area contributed by atoms with Gasteiger partial charge >= 0.3 is 0 Å². The number of pyridine rings is 1. The third kappa shape index (κ3) is 9.25. The van der Waals surface area contributed by atoms with Crippen molar-refractivity contribution in [2.45, 2.75) is 71.1 Å². The van der Waals surface area contributed by atoms with E-state index in [-0.39, 0.29) is 44.4 Å². The summed E-state index contributed by atoms with van der Waals surface area (Å²) in [6.45, 7) is 7.08. The number of nitrogens with zero attached hydrogens (tertiary/aromatic N) is 5. The van der Waals surface area contributed by atoms with Crippen molar-refractivity contribution in [1.29, 1.82) is 0 Å². The van der Waals surface area contributed by atoms with Crippen LogP contribution in [0.2, 0.25) is 0 Å². The van der Waals surface area contributed by atoms with E-state index in [9.17, 15) is 19.2 Å². The van der Waals surface area contributed by atoms with E-state index in [4.69, 9.17) is 19.2 Å². The number of rotatable bonds is 7. The van der Waals surface area contributed by atoms with Gasteiger partial charge in [-0.1, -0.05) is 24.3 Å². The molecule has 5 aromatic rings. The second-order valence-corrected chi connectivity index (χ2v) is 14.2. The van der Waals surface area contributed by atoms with Crippen molar-refractivity contribution in [3.05, 3.63) is 101 Å². The summed E-state index contributed by atoms with van der Waals surface area (Å²) >= 11 is 0. The Morgan fingerprint density at radius 1 is 1.05 bits per heavy atom. The van der Waals surface area contributed by atoms with Gasteiger partial charge in [-0.15, -0.1) is 0 Å². The first-order valence-electron chi connectivity index (χ1n) is 18.3. The molecule has 0 saturated carbocycles. The quantitative estimate of drug-likeness (QED) is 0.191. The second-order valence-electron chi connectivity index (χ2n) is 14.2. The fourth-order valence-electron chi connectivity index (χ4n) is 6.44. The molecule has 0 aliphatic carbocycles. The Morgan fingerprint density at radius 3 is 2.57 bits per heavy atom. The monoisotopic (exact) mass is 765 g/mol. The van der Waals surface area contributed by atoms with Crippen LogP contribution in [-0.4, -0.2) is 86.7 Å². The van der Waals surface area contributed by atoms with Crippen LogP contribution in [0.4, 0.5) is 0 Å². The highest BCUT2D eigenvalue weighted by Crippen LogP contribution is 2.28. The van der Waals surface area contributed by atoms with Gasteiger partial charge in [-0.25, -0.2) is 14.6 Å². The zero-order valence-electron chi connectivity index (χ0n) is 32.3. The van der Waals surface area contributed by atoms with Crippen molar-refractivity contribution < 1.29 is 33.4 Å².